The number of ether oxygens (including phenoxy) is 1. The maximum atomic E-state index is 13.5. The Bertz CT molecular complexity index is 659. The van der Waals surface area contributed by atoms with Crippen LogP contribution in [0.5, 0.6) is 5.75 Å². The third-order valence-corrected chi connectivity index (χ3v) is 3.83. The van der Waals surface area contributed by atoms with Crippen LogP contribution >= 0.6 is 0 Å². The lowest BCUT2D eigenvalue weighted by Gasteiger charge is -2.13. The molecule has 0 aliphatic rings. The Morgan fingerprint density at radius 1 is 1.21 bits per heavy atom. The number of hydrogen-bond donors (Lipinski definition) is 2. The lowest BCUT2D eigenvalue weighted by atomic mass is 10.1. The van der Waals surface area contributed by atoms with E-state index >= 15 is 0 Å². The SMILES string of the molecule is COc1ccc(C[C@H](N)C(=O)NCCCc2ccccc2F)cc1. The number of carbonyl (C=O) groups is 1. The number of amides is 1. The lowest BCUT2D eigenvalue weighted by molar-refractivity contribution is -0.122. The molecule has 2 aromatic carbocycles. The van der Waals surface area contributed by atoms with Gasteiger partial charge in [0.25, 0.3) is 0 Å². The van der Waals surface area contributed by atoms with Gasteiger partial charge in [0.2, 0.25) is 5.91 Å². The van der Waals surface area contributed by atoms with E-state index in [9.17, 15) is 9.18 Å². The van der Waals surface area contributed by atoms with Crippen molar-refractivity contribution in [3.63, 3.8) is 0 Å². The van der Waals surface area contributed by atoms with Crippen LogP contribution in [-0.4, -0.2) is 25.6 Å². The van der Waals surface area contributed by atoms with E-state index in [0.717, 1.165) is 11.3 Å². The van der Waals surface area contributed by atoms with E-state index in [2.05, 4.69) is 5.32 Å². The fourth-order valence-corrected chi connectivity index (χ4v) is 2.43. The van der Waals surface area contributed by atoms with Gasteiger partial charge >= 0.3 is 0 Å². The highest BCUT2D eigenvalue weighted by Gasteiger charge is 2.13. The molecular formula is C19H23FN2O2. The molecule has 0 aliphatic carbocycles. The van der Waals surface area contributed by atoms with Gasteiger partial charge in [-0.25, -0.2) is 4.39 Å². The maximum absolute atomic E-state index is 13.5. The molecule has 0 spiro atoms. The van der Waals surface area contributed by atoms with Crippen LogP contribution in [0.1, 0.15) is 17.5 Å². The topological polar surface area (TPSA) is 64.3 Å². The molecule has 4 nitrogen and oxygen atoms in total. The van der Waals surface area contributed by atoms with Crippen LogP contribution in [0.15, 0.2) is 48.5 Å². The quantitative estimate of drug-likeness (QED) is 0.731. The first kappa shape index (κ1) is 17.9. The van der Waals surface area contributed by atoms with Gasteiger partial charge in [-0.2, -0.15) is 0 Å². The van der Waals surface area contributed by atoms with Crippen LogP contribution in [0.3, 0.4) is 0 Å². The summed E-state index contributed by atoms with van der Waals surface area (Å²) in [5, 5.41) is 2.80. The molecule has 0 saturated carbocycles. The van der Waals surface area contributed by atoms with Gasteiger partial charge in [0, 0.05) is 6.54 Å². The van der Waals surface area contributed by atoms with Gasteiger partial charge in [0.15, 0.2) is 0 Å². The molecule has 128 valence electrons. The van der Waals surface area contributed by atoms with Crippen molar-refractivity contribution >= 4 is 5.91 Å². The van der Waals surface area contributed by atoms with E-state index in [1.165, 1.54) is 6.07 Å². The average Bonchev–Trinajstić information content (AvgIpc) is 2.60. The summed E-state index contributed by atoms with van der Waals surface area (Å²) in [5.74, 6) is 0.365. The van der Waals surface area contributed by atoms with Gasteiger partial charge in [0.05, 0.1) is 13.2 Å². The molecule has 24 heavy (non-hydrogen) atoms. The number of benzene rings is 2. The number of aryl methyl sites for hydroxylation is 1. The number of carbonyl (C=O) groups excluding carboxylic acids is 1. The summed E-state index contributed by atoms with van der Waals surface area (Å²) in [6.45, 7) is 0.476. The average molecular weight is 330 g/mol. The largest absolute Gasteiger partial charge is 0.497 e. The number of methoxy groups -OCH3 is 1. The lowest BCUT2D eigenvalue weighted by Crippen LogP contribution is -2.42. The highest BCUT2D eigenvalue weighted by atomic mass is 19.1. The molecule has 1 atom stereocenters. The summed E-state index contributed by atoms with van der Waals surface area (Å²) in [6.07, 6.45) is 1.71. The predicted octanol–water partition coefficient (Wildman–Crippen LogP) is 2.45. The first-order chi connectivity index (χ1) is 11.6. The Kier molecular flexibility index (Phi) is 6.75. The normalized spacial score (nSPS) is 11.8. The molecule has 2 aromatic rings. The second-order valence-electron chi connectivity index (χ2n) is 5.64. The summed E-state index contributed by atoms with van der Waals surface area (Å²) in [7, 11) is 1.61. The zero-order chi connectivity index (χ0) is 17.4. The van der Waals surface area contributed by atoms with Crippen molar-refractivity contribution < 1.29 is 13.9 Å². The smallest absolute Gasteiger partial charge is 0.237 e. The molecule has 0 radical (unpaired) electrons. The number of nitrogens with one attached hydrogen (secondary N) is 1. The van der Waals surface area contributed by atoms with E-state index in [1.807, 2.05) is 30.3 Å². The molecule has 0 unspecified atom stereocenters. The van der Waals surface area contributed by atoms with E-state index in [1.54, 1.807) is 19.2 Å². The third kappa shape index (κ3) is 5.35. The Labute approximate surface area is 141 Å². The van der Waals surface area contributed by atoms with E-state index in [-0.39, 0.29) is 11.7 Å². The Morgan fingerprint density at radius 2 is 1.92 bits per heavy atom. The molecule has 0 bridgehead atoms. The van der Waals surface area contributed by atoms with Crippen molar-refractivity contribution in [2.45, 2.75) is 25.3 Å². The first-order valence-electron chi connectivity index (χ1n) is 8.00. The molecule has 0 fully saturated rings. The molecule has 0 heterocycles. The number of nitrogens with two attached hydrogens (primary N) is 1. The van der Waals surface area contributed by atoms with Crippen molar-refractivity contribution in [2.75, 3.05) is 13.7 Å². The van der Waals surface area contributed by atoms with Crippen LogP contribution in [0.2, 0.25) is 0 Å². The Morgan fingerprint density at radius 3 is 2.58 bits per heavy atom. The minimum atomic E-state index is -0.605. The van der Waals surface area contributed by atoms with Crippen LogP contribution in [0.4, 0.5) is 4.39 Å². The van der Waals surface area contributed by atoms with Crippen LogP contribution in [0, 0.1) is 5.82 Å². The first-order valence-corrected chi connectivity index (χ1v) is 8.00. The monoisotopic (exact) mass is 330 g/mol. The molecule has 0 aliphatic heterocycles. The molecule has 1 amide bonds. The molecule has 3 N–H and O–H groups in total. The minimum absolute atomic E-state index is 0.195. The summed E-state index contributed by atoms with van der Waals surface area (Å²) in [6, 6.07) is 13.5. The Hall–Kier alpha value is -2.40. The van der Waals surface area contributed by atoms with E-state index in [4.69, 9.17) is 10.5 Å². The van der Waals surface area contributed by atoms with Crippen molar-refractivity contribution in [1.82, 2.24) is 5.32 Å². The Balaban J connectivity index is 1.72. The molecule has 5 heteroatoms. The fourth-order valence-electron chi connectivity index (χ4n) is 2.43. The van der Waals surface area contributed by atoms with E-state index in [0.29, 0.717) is 31.4 Å². The molecular weight excluding hydrogens is 307 g/mol. The zero-order valence-corrected chi connectivity index (χ0v) is 13.8. The summed E-state index contributed by atoms with van der Waals surface area (Å²) in [4.78, 5) is 12.0. The van der Waals surface area contributed by atoms with Crippen LogP contribution in [-0.2, 0) is 17.6 Å². The van der Waals surface area contributed by atoms with Gasteiger partial charge in [-0.3, -0.25) is 4.79 Å². The third-order valence-electron chi connectivity index (χ3n) is 3.83. The van der Waals surface area contributed by atoms with Gasteiger partial charge in [-0.1, -0.05) is 30.3 Å². The molecule has 0 aromatic heterocycles. The van der Waals surface area contributed by atoms with Gasteiger partial charge < -0.3 is 15.8 Å². The van der Waals surface area contributed by atoms with E-state index < -0.39 is 6.04 Å². The molecule has 2 rings (SSSR count). The number of halogens is 1. The summed E-state index contributed by atoms with van der Waals surface area (Å²) < 4.78 is 18.6. The number of hydrogen-bond acceptors (Lipinski definition) is 3. The van der Waals surface area contributed by atoms with Gasteiger partial charge in [-0.15, -0.1) is 0 Å². The van der Waals surface area contributed by atoms with Crippen molar-refractivity contribution in [1.29, 1.82) is 0 Å². The zero-order valence-electron chi connectivity index (χ0n) is 13.8. The van der Waals surface area contributed by atoms with Crippen molar-refractivity contribution in [3.8, 4) is 5.75 Å². The second-order valence-corrected chi connectivity index (χ2v) is 5.64. The number of rotatable bonds is 8. The van der Waals surface area contributed by atoms with Crippen molar-refractivity contribution in [3.05, 3.63) is 65.5 Å². The second kappa shape index (κ2) is 9.03. The van der Waals surface area contributed by atoms with Crippen LogP contribution in [0.25, 0.3) is 0 Å². The minimum Gasteiger partial charge on any atom is -0.497 e. The van der Waals surface area contributed by atoms with Gasteiger partial charge in [0.1, 0.15) is 11.6 Å². The summed E-state index contributed by atoms with van der Waals surface area (Å²) in [5.41, 5.74) is 7.57. The predicted molar refractivity (Wildman–Crippen MR) is 92.4 cm³/mol. The highest BCUT2D eigenvalue weighted by Crippen LogP contribution is 2.12. The fraction of sp³-hybridized carbons (Fsp3) is 0.316. The maximum Gasteiger partial charge on any atom is 0.237 e. The molecule has 0 saturated heterocycles. The highest BCUT2D eigenvalue weighted by molar-refractivity contribution is 5.81. The standard InChI is InChI=1S/C19H23FN2O2/c1-24-16-10-8-14(9-11-16)13-18(21)19(23)22-12-4-6-15-5-2-3-7-17(15)20/h2-3,5,7-11,18H,4,6,12-13,21H2,1H3,(H,22,23)/t18-/m0/s1. The van der Waals surface area contributed by atoms with Gasteiger partial charge in [-0.05, 0) is 48.6 Å². The summed E-state index contributed by atoms with van der Waals surface area (Å²) >= 11 is 0. The van der Waals surface area contributed by atoms with Crippen LogP contribution < -0.4 is 15.8 Å². The van der Waals surface area contributed by atoms with Crippen molar-refractivity contribution in [2.24, 2.45) is 5.73 Å².